The smallest absolute Gasteiger partial charge is 0.217 e. The Kier molecular flexibility index (Phi) is 7.83. The second-order valence-electron chi connectivity index (χ2n) is 11.7. The standard InChI is InChI=1S/C38H30N3O2.Pt/c1-38(2,3)28-21-27(22-29(24-28)43-36-23-26(19-20-39-36)25-11-5-4-6-12-25)32-18-17-31-30-13-7-8-14-33(30)41(37(31)40-32)34-15-9-10-16-35(34)42;/h4-21,23-24,42H,1-3H3;/q-1;. The molecule has 0 aliphatic rings. The average Bonchev–Trinajstić information content (AvgIpc) is 3.35. The van der Waals surface area contributed by atoms with Crippen molar-refractivity contribution in [2.24, 2.45) is 0 Å². The molecule has 0 saturated heterocycles. The largest absolute Gasteiger partial charge is 0.506 e. The van der Waals surface area contributed by atoms with Crippen LogP contribution in [0, 0.1) is 6.07 Å². The van der Waals surface area contributed by atoms with Crippen LogP contribution in [-0.4, -0.2) is 19.6 Å². The van der Waals surface area contributed by atoms with Crippen molar-refractivity contribution >= 4 is 21.9 Å². The summed E-state index contributed by atoms with van der Waals surface area (Å²) >= 11 is 0. The fourth-order valence-corrected chi connectivity index (χ4v) is 5.44. The number of para-hydroxylation sites is 3. The van der Waals surface area contributed by atoms with Crippen LogP contribution in [-0.2, 0) is 26.5 Å². The van der Waals surface area contributed by atoms with Gasteiger partial charge in [-0.15, -0.1) is 17.2 Å². The summed E-state index contributed by atoms with van der Waals surface area (Å²) in [4.78, 5) is 9.66. The molecule has 3 aromatic heterocycles. The molecule has 7 rings (SSSR count). The number of fused-ring (bicyclic) bond motifs is 3. The van der Waals surface area contributed by atoms with E-state index in [1.165, 1.54) is 0 Å². The summed E-state index contributed by atoms with van der Waals surface area (Å²) in [6, 6.07) is 41.4. The predicted octanol–water partition coefficient (Wildman–Crippen LogP) is 9.50. The van der Waals surface area contributed by atoms with E-state index in [-0.39, 0.29) is 32.2 Å². The Bertz CT molecular complexity index is 2110. The fourth-order valence-electron chi connectivity index (χ4n) is 5.44. The minimum absolute atomic E-state index is 0. The topological polar surface area (TPSA) is 60.2 Å². The van der Waals surface area contributed by atoms with Crippen molar-refractivity contribution in [1.29, 1.82) is 0 Å². The first-order chi connectivity index (χ1) is 20.8. The molecule has 6 heteroatoms. The molecule has 0 aliphatic carbocycles. The van der Waals surface area contributed by atoms with Crippen molar-refractivity contribution < 1.29 is 30.9 Å². The maximum atomic E-state index is 10.8. The van der Waals surface area contributed by atoms with Crippen molar-refractivity contribution in [2.75, 3.05) is 0 Å². The van der Waals surface area contributed by atoms with E-state index in [9.17, 15) is 5.11 Å². The number of rotatable bonds is 5. The molecule has 0 atom stereocenters. The summed E-state index contributed by atoms with van der Waals surface area (Å²) in [6.45, 7) is 6.53. The molecule has 0 fully saturated rings. The van der Waals surface area contributed by atoms with E-state index in [0.717, 1.165) is 49.9 Å². The maximum Gasteiger partial charge on any atom is 0.217 e. The zero-order chi connectivity index (χ0) is 29.6. The Morgan fingerprint density at radius 2 is 1.50 bits per heavy atom. The van der Waals surface area contributed by atoms with Crippen LogP contribution in [0.4, 0.5) is 0 Å². The second-order valence-corrected chi connectivity index (χ2v) is 11.7. The first-order valence-corrected chi connectivity index (χ1v) is 14.3. The summed E-state index contributed by atoms with van der Waals surface area (Å²) in [5, 5.41) is 12.9. The Labute approximate surface area is 271 Å². The van der Waals surface area contributed by atoms with Gasteiger partial charge in [-0.2, -0.15) is 0 Å². The molecule has 0 amide bonds. The number of aromatic hydroxyl groups is 1. The molecule has 3 heterocycles. The monoisotopic (exact) mass is 755 g/mol. The van der Waals surface area contributed by atoms with Gasteiger partial charge < -0.3 is 9.84 Å². The molecule has 44 heavy (non-hydrogen) atoms. The van der Waals surface area contributed by atoms with Gasteiger partial charge in [0.2, 0.25) is 5.88 Å². The Hall–Kier alpha value is -4.73. The maximum absolute atomic E-state index is 10.8. The molecule has 0 unspecified atom stereocenters. The van der Waals surface area contributed by atoms with Gasteiger partial charge in [-0.1, -0.05) is 106 Å². The fraction of sp³-hybridized carbons (Fsp3) is 0.105. The summed E-state index contributed by atoms with van der Waals surface area (Å²) < 4.78 is 8.37. The Balaban J connectivity index is 0.00000343. The number of phenolic OH excluding ortho intramolecular Hbond substituents is 1. The van der Waals surface area contributed by atoms with Crippen LogP contribution in [0.3, 0.4) is 0 Å². The third-order valence-electron chi connectivity index (χ3n) is 7.69. The minimum Gasteiger partial charge on any atom is -0.506 e. The van der Waals surface area contributed by atoms with E-state index in [2.05, 4.69) is 68.2 Å². The summed E-state index contributed by atoms with van der Waals surface area (Å²) in [5.41, 5.74) is 7.07. The first-order valence-electron chi connectivity index (χ1n) is 14.3. The van der Waals surface area contributed by atoms with Crippen LogP contribution in [0.1, 0.15) is 26.3 Å². The quantitative estimate of drug-likeness (QED) is 0.178. The molecule has 0 bridgehead atoms. The van der Waals surface area contributed by atoms with Gasteiger partial charge in [0.1, 0.15) is 11.4 Å². The van der Waals surface area contributed by atoms with Crippen molar-refractivity contribution in [2.45, 2.75) is 26.2 Å². The molecule has 0 aliphatic heterocycles. The summed E-state index contributed by atoms with van der Waals surface area (Å²) in [5.74, 6) is 1.26. The van der Waals surface area contributed by atoms with E-state index in [4.69, 9.17) is 9.72 Å². The van der Waals surface area contributed by atoms with Crippen molar-refractivity contribution in [3.8, 4) is 45.5 Å². The third-order valence-corrected chi connectivity index (χ3v) is 7.69. The number of phenols is 1. The van der Waals surface area contributed by atoms with E-state index in [0.29, 0.717) is 17.3 Å². The van der Waals surface area contributed by atoms with Crippen LogP contribution >= 0.6 is 0 Å². The number of nitrogens with zero attached hydrogens (tertiary/aromatic N) is 3. The number of ether oxygens (including phenoxy) is 1. The number of hydrogen-bond acceptors (Lipinski definition) is 4. The van der Waals surface area contributed by atoms with Crippen molar-refractivity contribution in [1.82, 2.24) is 14.5 Å². The molecular weight excluding hydrogens is 726 g/mol. The molecule has 220 valence electrons. The van der Waals surface area contributed by atoms with Gasteiger partial charge in [-0.3, -0.25) is 9.55 Å². The molecule has 5 nitrogen and oxygen atoms in total. The number of benzene rings is 4. The number of hydrogen-bond donors (Lipinski definition) is 1. The van der Waals surface area contributed by atoms with Crippen molar-refractivity contribution in [3.05, 3.63) is 133 Å². The van der Waals surface area contributed by atoms with Crippen LogP contribution in [0.2, 0.25) is 0 Å². The molecule has 0 saturated carbocycles. The SMILES string of the molecule is CC(C)(C)c1cc(Oc2cc(-c3ccccc3)ccn2)[c-]c(-c2ccc3c4ccccc4n(-c4ccccc4O)c3n2)c1.[Pt]. The first kappa shape index (κ1) is 29.3. The van der Waals surface area contributed by atoms with Gasteiger partial charge >= 0.3 is 0 Å². The number of aromatic nitrogens is 3. The van der Waals surface area contributed by atoms with Gasteiger partial charge in [-0.05, 0) is 46.5 Å². The Morgan fingerprint density at radius 1 is 0.750 bits per heavy atom. The normalized spacial score (nSPS) is 11.4. The molecule has 1 N–H and O–H groups in total. The van der Waals surface area contributed by atoms with E-state index in [1.807, 2.05) is 77.4 Å². The molecular formula is C38H30N3O2Pt-. The Morgan fingerprint density at radius 3 is 2.30 bits per heavy atom. The van der Waals surface area contributed by atoms with E-state index in [1.54, 1.807) is 12.3 Å². The van der Waals surface area contributed by atoms with Crippen LogP contribution in [0.25, 0.3) is 50.0 Å². The third kappa shape index (κ3) is 5.52. The summed E-state index contributed by atoms with van der Waals surface area (Å²) in [7, 11) is 0. The van der Waals surface area contributed by atoms with E-state index < -0.39 is 0 Å². The predicted molar refractivity (Wildman–Crippen MR) is 173 cm³/mol. The summed E-state index contributed by atoms with van der Waals surface area (Å²) in [6.07, 6.45) is 1.76. The molecule has 7 aromatic rings. The van der Waals surface area contributed by atoms with Gasteiger partial charge in [0.05, 0.1) is 11.2 Å². The van der Waals surface area contributed by atoms with Crippen LogP contribution in [0.5, 0.6) is 17.4 Å². The zero-order valence-corrected chi connectivity index (χ0v) is 26.8. The van der Waals surface area contributed by atoms with Gasteiger partial charge in [0, 0.05) is 49.9 Å². The van der Waals surface area contributed by atoms with Gasteiger partial charge in [0.25, 0.3) is 0 Å². The van der Waals surface area contributed by atoms with Crippen LogP contribution in [0.15, 0.2) is 121 Å². The minimum atomic E-state index is -0.143. The number of pyridine rings is 2. The van der Waals surface area contributed by atoms with E-state index >= 15 is 0 Å². The molecule has 4 aromatic carbocycles. The van der Waals surface area contributed by atoms with Gasteiger partial charge in [0.15, 0.2) is 0 Å². The van der Waals surface area contributed by atoms with Crippen molar-refractivity contribution in [3.63, 3.8) is 0 Å². The van der Waals surface area contributed by atoms with Gasteiger partial charge in [-0.25, -0.2) is 4.98 Å². The average molecular weight is 756 g/mol. The van der Waals surface area contributed by atoms with Crippen LogP contribution < -0.4 is 4.74 Å². The zero-order valence-electron chi connectivity index (χ0n) is 24.6. The molecule has 0 radical (unpaired) electrons. The second kappa shape index (κ2) is 11.7. The molecule has 0 spiro atoms.